The molecule has 3 N–H and O–H groups in total. The number of hydrogen-bond acceptors (Lipinski definition) is 3. The smallest absolute Gasteiger partial charge is 0.124 e. The number of nitrogens with two attached hydrogens (primary N) is 1. The fraction of sp³-hybridized carbons (Fsp3) is 0.462. The maximum Gasteiger partial charge on any atom is 0.124 e. The highest BCUT2D eigenvalue weighted by atomic mass is 16.5. The van der Waals surface area contributed by atoms with Crippen LogP contribution in [0.1, 0.15) is 18.1 Å². The number of nitrogens with one attached hydrogen (secondary N) is 1. The van der Waals surface area contributed by atoms with Crippen LogP contribution in [0.5, 0.6) is 0 Å². The minimum absolute atomic E-state index is 0.111. The van der Waals surface area contributed by atoms with Gasteiger partial charge in [0.1, 0.15) is 5.84 Å². The number of aryl methyl sites for hydroxylation is 1. The summed E-state index contributed by atoms with van der Waals surface area (Å²) in [5, 5.41) is 7.64. The van der Waals surface area contributed by atoms with Crippen LogP contribution >= 0.6 is 0 Å². The normalized spacial score (nSPS) is 10.3. The number of para-hydroxylation sites is 1. The fourth-order valence-electron chi connectivity index (χ4n) is 1.93. The molecule has 0 aliphatic rings. The number of hydrogen-bond donors (Lipinski definition) is 2. The second kappa shape index (κ2) is 6.25. The van der Waals surface area contributed by atoms with Gasteiger partial charge in [0.2, 0.25) is 0 Å². The Morgan fingerprint density at radius 3 is 2.71 bits per heavy atom. The molecule has 1 aromatic rings. The lowest BCUT2D eigenvalue weighted by Crippen LogP contribution is -2.30. The van der Waals surface area contributed by atoms with E-state index in [1.165, 1.54) is 0 Å². The van der Waals surface area contributed by atoms with Crippen LogP contribution in [-0.4, -0.2) is 32.6 Å². The zero-order valence-electron chi connectivity index (χ0n) is 10.8. The van der Waals surface area contributed by atoms with Gasteiger partial charge in [-0.1, -0.05) is 12.1 Å². The molecule has 4 heteroatoms. The van der Waals surface area contributed by atoms with Gasteiger partial charge in [-0.15, -0.1) is 0 Å². The predicted octanol–water partition coefficient (Wildman–Crippen LogP) is 1.75. The third-order valence-corrected chi connectivity index (χ3v) is 2.79. The maximum absolute atomic E-state index is 7.64. The Labute approximate surface area is 103 Å². The Bertz CT molecular complexity index is 390. The highest BCUT2D eigenvalue weighted by molar-refractivity contribution is 6.01. The first-order valence-corrected chi connectivity index (χ1v) is 5.79. The summed E-state index contributed by atoms with van der Waals surface area (Å²) in [5.41, 5.74) is 8.60. The average Bonchev–Trinajstić information content (AvgIpc) is 2.31. The lowest BCUT2D eigenvalue weighted by molar-refractivity contribution is 0.205. The molecular formula is C13H21N3O. The summed E-state index contributed by atoms with van der Waals surface area (Å²) in [6, 6.07) is 5.86. The van der Waals surface area contributed by atoms with E-state index in [0.717, 1.165) is 29.9 Å². The van der Waals surface area contributed by atoms with Gasteiger partial charge in [0.05, 0.1) is 12.3 Å². The summed E-state index contributed by atoms with van der Waals surface area (Å²) in [5.74, 6) is 0.111. The molecule has 94 valence electrons. The molecule has 1 rings (SSSR count). The van der Waals surface area contributed by atoms with Gasteiger partial charge in [0.25, 0.3) is 0 Å². The predicted molar refractivity (Wildman–Crippen MR) is 72.0 cm³/mol. The second-order valence-electron chi connectivity index (χ2n) is 3.96. The van der Waals surface area contributed by atoms with Crippen LogP contribution in [0.3, 0.4) is 0 Å². The van der Waals surface area contributed by atoms with Gasteiger partial charge in [-0.2, -0.15) is 0 Å². The first kappa shape index (κ1) is 13.5. The van der Waals surface area contributed by atoms with E-state index in [1.807, 2.05) is 25.1 Å². The molecular weight excluding hydrogens is 214 g/mol. The van der Waals surface area contributed by atoms with Crippen LogP contribution in [0.25, 0.3) is 0 Å². The number of amidine groups is 1. The first-order chi connectivity index (χ1) is 8.11. The average molecular weight is 235 g/mol. The van der Waals surface area contributed by atoms with Crippen LogP contribution in [0.15, 0.2) is 18.2 Å². The van der Waals surface area contributed by atoms with E-state index in [-0.39, 0.29) is 5.84 Å². The summed E-state index contributed by atoms with van der Waals surface area (Å²) < 4.78 is 5.11. The molecule has 0 aromatic heterocycles. The summed E-state index contributed by atoms with van der Waals surface area (Å²) in [6.45, 7) is 6.47. The van der Waals surface area contributed by atoms with Gasteiger partial charge < -0.3 is 15.4 Å². The number of nitrogens with zero attached hydrogens (tertiary/aromatic N) is 1. The number of methoxy groups -OCH3 is 1. The number of nitrogen functional groups attached to an aromatic ring is 1. The van der Waals surface area contributed by atoms with E-state index in [2.05, 4.69) is 11.8 Å². The molecule has 0 aliphatic carbocycles. The van der Waals surface area contributed by atoms with Crippen LogP contribution in [0, 0.1) is 12.3 Å². The molecule has 0 unspecified atom stereocenters. The van der Waals surface area contributed by atoms with E-state index < -0.39 is 0 Å². The number of rotatable bonds is 6. The maximum atomic E-state index is 7.64. The van der Waals surface area contributed by atoms with Gasteiger partial charge in [0, 0.05) is 25.8 Å². The number of anilines is 1. The van der Waals surface area contributed by atoms with Gasteiger partial charge in [0.15, 0.2) is 0 Å². The van der Waals surface area contributed by atoms with Crippen LogP contribution < -0.4 is 10.6 Å². The van der Waals surface area contributed by atoms with E-state index in [9.17, 15) is 0 Å². The van der Waals surface area contributed by atoms with E-state index in [1.54, 1.807) is 7.11 Å². The van der Waals surface area contributed by atoms with E-state index >= 15 is 0 Å². The van der Waals surface area contributed by atoms with Gasteiger partial charge in [-0.25, -0.2) is 0 Å². The molecule has 4 nitrogen and oxygen atoms in total. The summed E-state index contributed by atoms with van der Waals surface area (Å²) in [6.07, 6.45) is 0. The van der Waals surface area contributed by atoms with Crippen molar-refractivity contribution in [2.45, 2.75) is 13.8 Å². The van der Waals surface area contributed by atoms with Crippen molar-refractivity contribution in [1.82, 2.24) is 0 Å². The lowest BCUT2D eigenvalue weighted by Gasteiger charge is -2.27. The zero-order chi connectivity index (χ0) is 12.8. The molecule has 0 aliphatic heterocycles. The Hall–Kier alpha value is -1.55. The SMILES string of the molecule is CCN(CCOC)c1c(C)cccc1C(=N)N. The van der Waals surface area contributed by atoms with Gasteiger partial charge in [-0.05, 0) is 25.5 Å². The summed E-state index contributed by atoms with van der Waals surface area (Å²) in [7, 11) is 1.69. The number of ether oxygens (including phenoxy) is 1. The third-order valence-electron chi connectivity index (χ3n) is 2.79. The minimum atomic E-state index is 0.111. The first-order valence-electron chi connectivity index (χ1n) is 5.79. The molecule has 0 saturated carbocycles. The summed E-state index contributed by atoms with van der Waals surface area (Å²) >= 11 is 0. The van der Waals surface area contributed by atoms with Crippen LogP contribution in [0.4, 0.5) is 5.69 Å². The van der Waals surface area contributed by atoms with Crippen molar-refractivity contribution < 1.29 is 4.74 Å². The van der Waals surface area contributed by atoms with E-state index in [0.29, 0.717) is 6.61 Å². The quantitative estimate of drug-likeness (QED) is 0.583. The molecule has 0 heterocycles. The topological polar surface area (TPSA) is 62.3 Å². The number of benzene rings is 1. The van der Waals surface area contributed by atoms with Crippen molar-refractivity contribution in [3.8, 4) is 0 Å². The molecule has 0 fully saturated rings. The monoisotopic (exact) mass is 235 g/mol. The Morgan fingerprint density at radius 1 is 1.47 bits per heavy atom. The molecule has 0 spiro atoms. The highest BCUT2D eigenvalue weighted by Crippen LogP contribution is 2.24. The molecule has 0 atom stereocenters. The summed E-state index contributed by atoms with van der Waals surface area (Å²) in [4.78, 5) is 2.19. The van der Waals surface area contributed by atoms with Crippen molar-refractivity contribution in [2.24, 2.45) is 5.73 Å². The molecule has 0 bridgehead atoms. The lowest BCUT2D eigenvalue weighted by atomic mass is 10.1. The Balaban J connectivity index is 3.11. The van der Waals surface area contributed by atoms with E-state index in [4.69, 9.17) is 15.9 Å². The molecule has 0 saturated heterocycles. The molecule has 0 amide bonds. The van der Waals surface area contributed by atoms with Crippen molar-refractivity contribution in [3.63, 3.8) is 0 Å². The van der Waals surface area contributed by atoms with Gasteiger partial charge >= 0.3 is 0 Å². The number of likely N-dealkylation sites (N-methyl/N-ethyl adjacent to an activating group) is 1. The standard InChI is InChI=1S/C13H21N3O/c1-4-16(8-9-17-3)12-10(2)6-5-7-11(12)13(14)15/h5-7H,4,8-9H2,1-3H3,(H3,14,15). The molecule has 0 radical (unpaired) electrons. The fourth-order valence-corrected chi connectivity index (χ4v) is 1.93. The van der Waals surface area contributed by atoms with Crippen molar-refractivity contribution in [3.05, 3.63) is 29.3 Å². The van der Waals surface area contributed by atoms with Crippen molar-refractivity contribution >= 4 is 11.5 Å². The Kier molecular flexibility index (Phi) is 4.97. The largest absolute Gasteiger partial charge is 0.384 e. The molecule has 17 heavy (non-hydrogen) atoms. The molecule has 1 aromatic carbocycles. The second-order valence-corrected chi connectivity index (χ2v) is 3.96. The third kappa shape index (κ3) is 3.20. The Morgan fingerprint density at radius 2 is 2.18 bits per heavy atom. The zero-order valence-corrected chi connectivity index (χ0v) is 10.8. The van der Waals surface area contributed by atoms with Crippen LogP contribution in [0.2, 0.25) is 0 Å². The minimum Gasteiger partial charge on any atom is -0.384 e. The van der Waals surface area contributed by atoms with Crippen LogP contribution in [-0.2, 0) is 4.74 Å². The van der Waals surface area contributed by atoms with Gasteiger partial charge in [-0.3, -0.25) is 5.41 Å². The highest BCUT2D eigenvalue weighted by Gasteiger charge is 2.13. The van der Waals surface area contributed by atoms with Crippen molar-refractivity contribution in [1.29, 1.82) is 5.41 Å². The van der Waals surface area contributed by atoms with Crippen molar-refractivity contribution in [2.75, 3.05) is 31.7 Å².